The number of aromatic carboxylic acids is 1. The maximum absolute atomic E-state index is 12.2. The Morgan fingerprint density at radius 3 is 2.11 bits per heavy atom. The lowest BCUT2D eigenvalue weighted by atomic mass is 10.1. The summed E-state index contributed by atoms with van der Waals surface area (Å²) in [6, 6.07) is 4.36. The minimum absolute atomic E-state index is 0.129. The Labute approximate surface area is 212 Å². The van der Waals surface area contributed by atoms with Gasteiger partial charge in [-0.1, -0.05) is 12.1 Å². The fourth-order valence-electron chi connectivity index (χ4n) is 3.30. The maximum Gasteiger partial charge on any atom is 0.336 e. The van der Waals surface area contributed by atoms with Gasteiger partial charge in [0.05, 0.1) is 30.8 Å². The molecule has 1 aliphatic rings. The van der Waals surface area contributed by atoms with E-state index in [0.29, 0.717) is 26.2 Å². The molecule has 0 saturated carbocycles. The number of carbonyl (C=O) groups is 7. The molecule has 1 aromatic rings. The van der Waals surface area contributed by atoms with Crippen molar-refractivity contribution in [3.63, 3.8) is 0 Å². The fraction of sp³-hybridized carbons (Fsp3) is 0.435. The van der Waals surface area contributed by atoms with Crippen molar-refractivity contribution in [2.24, 2.45) is 0 Å². The summed E-state index contributed by atoms with van der Waals surface area (Å²) in [4.78, 5) is 87.3. The molecular formula is C23H30N6O8. The number of amides is 5. The average Bonchev–Trinajstić information content (AvgIpc) is 2.88. The highest BCUT2D eigenvalue weighted by Crippen LogP contribution is 2.08. The molecule has 0 aliphatic carbocycles. The van der Waals surface area contributed by atoms with Crippen LogP contribution in [0, 0.1) is 0 Å². The van der Waals surface area contributed by atoms with Crippen LogP contribution in [0.4, 0.5) is 0 Å². The second-order valence-electron chi connectivity index (χ2n) is 8.33. The van der Waals surface area contributed by atoms with Gasteiger partial charge in [-0.05, 0) is 26.1 Å². The van der Waals surface area contributed by atoms with Gasteiger partial charge in [-0.2, -0.15) is 0 Å². The van der Waals surface area contributed by atoms with Crippen LogP contribution in [0.15, 0.2) is 24.3 Å². The first kappa shape index (κ1) is 28.9. The summed E-state index contributed by atoms with van der Waals surface area (Å²) in [6.45, 7) is 2.29. The number of benzene rings is 1. The van der Waals surface area contributed by atoms with E-state index in [1.807, 2.05) is 7.05 Å². The molecule has 14 heteroatoms. The van der Waals surface area contributed by atoms with Crippen LogP contribution < -0.4 is 21.3 Å². The molecule has 1 fully saturated rings. The van der Waals surface area contributed by atoms with Gasteiger partial charge >= 0.3 is 5.97 Å². The van der Waals surface area contributed by atoms with E-state index in [2.05, 4.69) is 26.2 Å². The third kappa shape index (κ3) is 9.00. The standard InChI is InChI=1S/C23H30N6O8/c1-14(27-18(31)12-25-21(34)15-5-3-4-6-16(15)23(36)37)20(33)24-11-17(30)22(35)26-13-19(32)29-9-7-28(2)8-10-29/h3-6,14H,7-13H2,1-2H3,(H,24,33)(H,25,34)(H,26,35)(H,27,31)(H,36,37). The molecule has 0 aromatic heterocycles. The minimum atomic E-state index is -1.30. The van der Waals surface area contributed by atoms with Crippen LogP contribution in [0.5, 0.6) is 0 Å². The molecule has 0 spiro atoms. The molecule has 1 saturated heterocycles. The lowest BCUT2D eigenvalue weighted by molar-refractivity contribution is -0.140. The smallest absolute Gasteiger partial charge is 0.336 e. The lowest BCUT2D eigenvalue weighted by Crippen LogP contribution is -2.51. The maximum atomic E-state index is 12.2. The van der Waals surface area contributed by atoms with E-state index in [-0.39, 0.29) is 23.6 Å². The second kappa shape index (κ2) is 13.7. The number of carboxylic acid groups (broad SMARTS) is 1. The molecule has 2 rings (SSSR count). The summed E-state index contributed by atoms with van der Waals surface area (Å²) in [6.07, 6.45) is 0. The summed E-state index contributed by atoms with van der Waals surface area (Å²) in [5, 5.41) is 18.2. The molecule has 1 atom stereocenters. The normalized spacial score (nSPS) is 14.2. The Morgan fingerprint density at radius 1 is 0.865 bits per heavy atom. The molecule has 1 unspecified atom stereocenters. The zero-order valence-electron chi connectivity index (χ0n) is 20.5. The van der Waals surface area contributed by atoms with Crippen LogP contribution in [-0.4, -0.2) is 115 Å². The van der Waals surface area contributed by atoms with E-state index >= 15 is 0 Å². The molecule has 5 amide bonds. The number of nitrogens with zero attached hydrogens (tertiary/aromatic N) is 2. The van der Waals surface area contributed by atoms with Gasteiger partial charge in [0.15, 0.2) is 0 Å². The van der Waals surface area contributed by atoms with E-state index < -0.39 is 54.5 Å². The number of nitrogens with one attached hydrogen (secondary N) is 4. The van der Waals surface area contributed by atoms with Crippen LogP contribution in [0.1, 0.15) is 27.6 Å². The third-order valence-corrected chi connectivity index (χ3v) is 5.51. The van der Waals surface area contributed by atoms with Gasteiger partial charge in [-0.15, -0.1) is 0 Å². The predicted molar refractivity (Wildman–Crippen MR) is 128 cm³/mol. The predicted octanol–water partition coefficient (Wildman–Crippen LogP) is -2.81. The second-order valence-corrected chi connectivity index (χ2v) is 8.33. The van der Waals surface area contributed by atoms with Crippen molar-refractivity contribution in [3.05, 3.63) is 35.4 Å². The minimum Gasteiger partial charge on any atom is -0.478 e. The molecular weight excluding hydrogens is 488 g/mol. The Bertz CT molecular complexity index is 1070. The SMILES string of the molecule is CC(NC(=O)CNC(=O)c1ccccc1C(=O)O)C(=O)NCC(=O)C(=O)NCC(=O)N1CCN(C)CC1. The highest BCUT2D eigenvalue weighted by molar-refractivity contribution is 6.37. The number of hydrogen-bond donors (Lipinski definition) is 5. The Hall–Kier alpha value is -4.33. The summed E-state index contributed by atoms with van der Waals surface area (Å²) < 4.78 is 0. The molecule has 14 nitrogen and oxygen atoms in total. The highest BCUT2D eigenvalue weighted by Gasteiger charge is 2.23. The van der Waals surface area contributed by atoms with Crippen molar-refractivity contribution in [1.29, 1.82) is 0 Å². The number of likely N-dealkylation sites (N-methyl/N-ethyl adjacent to an activating group) is 1. The van der Waals surface area contributed by atoms with Crippen LogP contribution >= 0.6 is 0 Å². The number of rotatable bonds is 11. The van der Waals surface area contributed by atoms with Crippen molar-refractivity contribution >= 4 is 41.3 Å². The van der Waals surface area contributed by atoms with E-state index in [1.165, 1.54) is 31.2 Å². The van der Waals surface area contributed by atoms with E-state index in [0.717, 1.165) is 0 Å². The number of piperazine rings is 1. The zero-order valence-corrected chi connectivity index (χ0v) is 20.5. The largest absolute Gasteiger partial charge is 0.478 e. The van der Waals surface area contributed by atoms with Gasteiger partial charge in [-0.25, -0.2) is 4.79 Å². The van der Waals surface area contributed by atoms with Crippen LogP contribution in [0.2, 0.25) is 0 Å². The Kier molecular flexibility index (Phi) is 10.7. The number of carbonyl (C=O) groups excluding carboxylic acids is 6. The number of carboxylic acids is 1. The van der Waals surface area contributed by atoms with Crippen LogP contribution in [-0.2, 0) is 24.0 Å². The lowest BCUT2D eigenvalue weighted by Gasteiger charge is -2.32. The molecule has 1 aliphatic heterocycles. The molecule has 37 heavy (non-hydrogen) atoms. The third-order valence-electron chi connectivity index (χ3n) is 5.51. The van der Waals surface area contributed by atoms with Gasteiger partial charge in [0.2, 0.25) is 23.5 Å². The number of Topliss-reactive ketones (excluding diaryl/α,β-unsaturated/α-hetero) is 1. The van der Waals surface area contributed by atoms with Gasteiger partial charge in [-0.3, -0.25) is 28.8 Å². The topological polar surface area (TPSA) is 194 Å². The van der Waals surface area contributed by atoms with Crippen molar-refractivity contribution in [2.75, 3.05) is 52.9 Å². The monoisotopic (exact) mass is 518 g/mol. The first-order valence-corrected chi connectivity index (χ1v) is 11.4. The summed E-state index contributed by atoms with van der Waals surface area (Å²) in [7, 11) is 1.94. The molecule has 0 bridgehead atoms. The van der Waals surface area contributed by atoms with E-state index in [9.17, 15) is 33.6 Å². The van der Waals surface area contributed by atoms with Crippen LogP contribution in [0.25, 0.3) is 0 Å². The summed E-state index contributed by atoms with van der Waals surface area (Å²) in [5.74, 6) is -5.89. The number of ketones is 1. The quantitative estimate of drug-likeness (QED) is 0.192. The van der Waals surface area contributed by atoms with Crippen LogP contribution in [0.3, 0.4) is 0 Å². The highest BCUT2D eigenvalue weighted by atomic mass is 16.4. The van der Waals surface area contributed by atoms with Gasteiger partial charge < -0.3 is 36.2 Å². The van der Waals surface area contributed by atoms with Crippen molar-refractivity contribution < 1.29 is 38.7 Å². The average molecular weight is 519 g/mol. The van der Waals surface area contributed by atoms with Gasteiger partial charge in [0.1, 0.15) is 6.04 Å². The molecule has 200 valence electrons. The van der Waals surface area contributed by atoms with E-state index in [1.54, 1.807) is 4.90 Å². The van der Waals surface area contributed by atoms with Gasteiger partial charge in [0.25, 0.3) is 11.8 Å². The van der Waals surface area contributed by atoms with Crippen molar-refractivity contribution in [1.82, 2.24) is 31.1 Å². The zero-order chi connectivity index (χ0) is 27.5. The van der Waals surface area contributed by atoms with Gasteiger partial charge in [0, 0.05) is 26.2 Å². The van der Waals surface area contributed by atoms with Crippen molar-refractivity contribution in [3.8, 4) is 0 Å². The molecule has 1 aromatic carbocycles. The van der Waals surface area contributed by atoms with Crippen molar-refractivity contribution in [2.45, 2.75) is 13.0 Å². The molecule has 1 heterocycles. The fourth-order valence-corrected chi connectivity index (χ4v) is 3.30. The summed E-state index contributed by atoms with van der Waals surface area (Å²) in [5.41, 5.74) is -0.360. The first-order valence-electron chi connectivity index (χ1n) is 11.4. The first-order chi connectivity index (χ1) is 17.5. The Morgan fingerprint density at radius 2 is 1.49 bits per heavy atom. The summed E-state index contributed by atoms with van der Waals surface area (Å²) >= 11 is 0. The Balaban J connectivity index is 1.70. The molecule has 5 N–H and O–H groups in total. The molecule has 0 radical (unpaired) electrons. The number of hydrogen-bond acceptors (Lipinski definition) is 8. The van der Waals surface area contributed by atoms with E-state index in [4.69, 9.17) is 5.11 Å².